The molecule has 1 aliphatic heterocycles. The van der Waals surface area contributed by atoms with E-state index in [1.807, 2.05) is 0 Å². The van der Waals surface area contributed by atoms with Crippen molar-refractivity contribution >= 4 is 12.4 Å². The summed E-state index contributed by atoms with van der Waals surface area (Å²) in [7, 11) is 0. The van der Waals surface area contributed by atoms with Gasteiger partial charge in [-0.3, -0.25) is 0 Å². The van der Waals surface area contributed by atoms with Gasteiger partial charge < -0.3 is 5.32 Å². The van der Waals surface area contributed by atoms with E-state index < -0.39 is 0 Å². The smallest absolute Gasteiger partial charge is 0.00116 e. The van der Waals surface area contributed by atoms with Crippen LogP contribution in [0, 0.1) is 5.92 Å². The number of hydrogen-bond acceptors (Lipinski definition) is 1. The number of nitrogens with one attached hydrogen (secondary N) is 1. The Morgan fingerprint density at radius 2 is 1.73 bits per heavy atom. The van der Waals surface area contributed by atoms with Crippen molar-refractivity contribution in [2.24, 2.45) is 5.92 Å². The number of allylic oxidation sites excluding steroid dienone is 1. The van der Waals surface area contributed by atoms with Gasteiger partial charge in [-0.15, -0.1) is 12.4 Å². The summed E-state index contributed by atoms with van der Waals surface area (Å²) in [6, 6.07) is 0. The minimum absolute atomic E-state index is 0. The lowest BCUT2D eigenvalue weighted by molar-refractivity contribution is 0.416. The molecular formula is C13H24ClN. The highest BCUT2D eigenvalue weighted by atomic mass is 35.5. The second-order valence-corrected chi connectivity index (χ2v) is 4.83. The largest absolute Gasteiger partial charge is 0.316 e. The second-order valence-electron chi connectivity index (χ2n) is 4.83. The van der Waals surface area contributed by atoms with Gasteiger partial charge in [-0.1, -0.05) is 30.9 Å². The van der Waals surface area contributed by atoms with Crippen LogP contribution in [0.25, 0.3) is 0 Å². The Morgan fingerprint density at radius 1 is 0.933 bits per heavy atom. The van der Waals surface area contributed by atoms with Crippen LogP contribution in [0.3, 0.4) is 0 Å². The molecule has 1 saturated heterocycles. The quantitative estimate of drug-likeness (QED) is 0.677. The van der Waals surface area contributed by atoms with E-state index in [0.717, 1.165) is 5.92 Å². The van der Waals surface area contributed by atoms with Gasteiger partial charge in [0.25, 0.3) is 0 Å². The molecule has 0 radical (unpaired) electrons. The lowest BCUT2D eigenvalue weighted by Crippen LogP contribution is -2.13. The van der Waals surface area contributed by atoms with Gasteiger partial charge in [0, 0.05) is 0 Å². The van der Waals surface area contributed by atoms with E-state index in [4.69, 9.17) is 0 Å². The van der Waals surface area contributed by atoms with Crippen molar-refractivity contribution < 1.29 is 0 Å². The van der Waals surface area contributed by atoms with Crippen LogP contribution in [0.4, 0.5) is 0 Å². The molecule has 0 aromatic rings. The Labute approximate surface area is 100 Å². The molecule has 88 valence electrons. The summed E-state index contributed by atoms with van der Waals surface area (Å²) in [5.41, 5.74) is 1.74. The van der Waals surface area contributed by atoms with Crippen LogP contribution in [0.15, 0.2) is 11.6 Å². The predicted molar refractivity (Wildman–Crippen MR) is 68.6 cm³/mol. The number of hydrogen-bond donors (Lipinski definition) is 1. The summed E-state index contributed by atoms with van der Waals surface area (Å²) in [5, 5.41) is 3.47. The van der Waals surface area contributed by atoms with Crippen LogP contribution in [0.1, 0.15) is 51.4 Å². The highest BCUT2D eigenvalue weighted by Crippen LogP contribution is 2.27. The molecule has 0 aromatic heterocycles. The van der Waals surface area contributed by atoms with Crippen molar-refractivity contribution in [3.8, 4) is 0 Å². The minimum Gasteiger partial charge on any atom is -0.316 e. The standard InChI is InChI=1S/C13H23N.ClH/c1-2-5-12(6-3-1)11-13-7-4-9-14-10-8-13;/h11-12,14H,1-10H2;1H/b13-11-;. The first kappa shape index (κ1) is 13.1. The van der Waals surface area contributed by atoms with Crippen LogP contribution in [0.2, 0.25) is 0 Å². The molecule has 0 spiro atoms. The summed E-state index contributed by atoms with van der Waals surface area (Å²) in [5.74, 6) is 0.928. The van der Waals surface area contributed by atoms with Gasteiger partial charge in [0.15, 0.2) is 0 Å². The molecule has 2 rings (SSSR count). The number of halogens is 1. The van der Waals surface area contributed by atoms with Gasteiger partial charge in [-0.2, -0.15) is 0 Å². The number of rotatable bonds is 1. The second kappa shape index (κ2) is 7.29. The molecule has 0 atom stereocenters. The third kappa shape index (κ3) is 4.56. The van der Waals surface area contributed by atoms with Crippen LogP contribution in [0.5, 0.6) is 0 Å². The maximum Gasteiger partial charge on any atom is -0.00116 e. The Bertz CT molecular complexity index is 185. The van der Waals surface area contributed by atoms with Gasteiger partial charge in [-0.05, 0) is 51.1 Å². The molecule has 1 heterocycles. The molecule has 2 aliphatic rings. The van der Waals surface area contributed by atoms with Gasteiger partial charge in [0.05, 0.1) is 0 Å². The molecule has 15 heavy (non-hydrogen) atoms. The minimum atomic E-state index is 0. The fourth-order valence-electron chi connectivity index (χ4n) is 2.74. The summed E-state index contributed by atoms with van der Waals surface area (Å²) in [4.78, 5) is 0. The summed E-state index contributed by atoms with van der Waals surface area (Å²) in [6.07, 6.45) is 13.9. The van der Waals surface area contributed by atoms with Crippen LogP contribution >= 0.6 is 12.4 Å². The third-order valence-corrected chi connectivity index (χ3v) is 3.60. The van der Waals surface area contributed by atoms with Crippen molar-refractivity contribution in [1.29, 1.82) is 0 Å². The highest BCUT2D eigenvalue weighted by Gasteiger charge is 2.12. The van der Waals surface area contributed by atoms with Crippen molar-refractivity contribution in [3.63, 3.8) is 0 Å². The zero-order valence-electron chi connectivity index (χ0n) is 9.63. The molecule has 1 saturated carbocycles. The molecule has 0 unspecified atom stereocenters. The van der Waals surface area contributed by atoms with Crippen LogP contribution < -0.4 is 5.32 Å². The summed E-state index contributed by atoms with van der Waals surface area (Å²) in [6.45, 7) is 2.43. The summed E-state index contributed by atoms with van der Waals surface area (Å²) >= 11 is 0. The van der Waals surface area contributed by atoms with Gasteiger partial charge in [0.1, 0.15) is 0 Å². The van der Waals surface area contributed by atoms with E-state index in [9.17, 15) is 0 Å². The van der Waals surface area contributed by atoms with Crippen LogP contribution in [-0.4, -0.2) is 13.1 Å². The van der Waals surface area contributed by atoms with E-state index in [2.05, 4.69) is 11.4 Å². The van der Waals surface area contributed by atoms with E-state index >= 15 is 0 Å². The maximum atomic E-state index is 3.47. The maximum absolute atomic E-state index is 3.47. The lowest BCUT2D eigenvalue weighted by atomic mass is 9.87. The molecule has 2 heteroatoms. The normalized spacial score (nSPS) is 27.1. The Hall–Kier alpha value is -0.0100. The SMILES string of the molecule is C(=C1\CCCNCC1)/C1CCCCC1.Cl. The average molecular weight is 230 g/mol. The lowest BCUT2D eigenvalue weighted by Gasteiger charge is -2.19. The van der Waals surface area contributed by atoms with Gasteiger partial charge >= 0.3 is 0 Å². The monoisotopic (exact) mass is 229 g/mol. The third-order valence-electron chi connectivity index (χ3n) is 3.60. The van der Waals surface area contributed by atoms with E-state index in [1.54, 1.807) is 5.57 Å². The molecule has 0 amide bonds. The zero-order chi connectivity index (χ0) is 9.64. The van der Waals surface area contributed by atoms with Crippen molar-refractivity contribution in [2.45, 2.75) is 51.4 Å². The van der Waals surface area contributed by atoms with Gasteiger partial charge in [0.2, 0.25) is 0 Å². The van der Waals surface area contributed by atoms with E-state index in [-0.39, 0.29) is 12.4 Å². The molecule has 1 N–H and O–H groups in total. The fraction of sp³-hybridized carbons (Fsp3) is 0.846. The first-order valence-corrected chi connectivity index (χ1v) is 6.35. The van der Waals surface area contributed by atoms with Gasteiger partial charge in [-0.25, -0.2) is 0 Å². The molecule has 0 aromatic carbocycles. The van der Waals surface area contributed by atoms with Crippen molar-refractivity contribution in [3.05, 3.63) is 11.6 Å². The topological polar surface area (TPSA) is 12.0 Å². The zero-order valence-corrected chi connectivity index (χ0v) is 10.5. The van der Waals surface area contributed by atoms with Crippen molar-refractivity contribution in [2.75, 3.05) is 13.1 Å². The van der Waals surface area contributed by atoms with E-state index in [1.165, 1.54) is 64.5 Å². The Morgan fingerprint density at radius 3 is 2.53 bits per heavy atom. The predicted octanol–water partition coefficient (Wildman–Crippen LogP) is 3.69. The Balaban J connectivity index is 0.00000112. The molecule has 2 fully saturated rings. The molecule has 1 aliphatic carbocycles. The first-order chi connectivity index (χ1) is 6.95. The highest BCUT2D eigenvalue weighted by molar-refractivity contribution is 5.85. The molecule has 0 bridgehead atoms. The fourth-order valence-corrected chi connectivity index (χ4v) is 2.74. The summed E-state index contributed by atoms with van der Waals surface area (Å²) < 4.78 is 0. The first-order valence-electron chi connectivity index (χ1n) is 6.35. The molecular weight excluding hydrogens is 206 g/mol. The Kier molecular flexibility index (Phi) is 6.35. The average Bonchev–Trinajstić information content (AvgIpc) is 2.48. The molecule has 1 nitrogen and oxygen atoms in total. The van der Waals surface area contributed by atoms with Crippen molar-refractivity contribution in [1.82, 2.24) is 5.32 Å². The van der Waals surface area contributed by atoms with E-state index in [0.29, 0.717) is 0 Å². The van der Waals surface area contributed by atoms with Crippen LogP contribution in [-0.2, 0) is 0 Å².